The van der Waals surface area contributed by atoms with Crippen LogP contribution in [0.4, 0.5) is 0 Å². The van der Waals surface area contributed by atoms with Gasteiger partial charge < -0.3 is 0 Å². The van der Waals surface area contributed by atoms with Crippen molar-refractivity contribution in [3.05, 3.63) is 23.3 Å². The van der Waals surface area contributed by atoms with E-state index >= 15 is 0 Å². The zero-order valence-electron chi connectivity index (χ0n) is 13.5. The Kier molecular flexibility index (Phi) is 8.95. The summed E-state index contributed by atoms with van der Waals surface area (Å²) in [7, 11) is 0. The summed E-state index contributed by atoms with van der Waals surface area (Å²) in [5.41, 5.74) is 3.34. The minimum atomic E-state index is 0.885. The number of allylic oxidation sites excluding steroid dienone is 4. The predicted molar refractivity (Wildman–Crippen MR) is 87.5 cm³/mol. The summed E-state index contributed by atoms with van der Waals surface area (Å²) in [6.45, 7) is 6.94. The van der Waals surface area contributed by atoms with Crippen LogP contribution in [0, 0.1) is 5.92 Å². The second-order valence-corrected chi connectivity index (χ2v) is 6.56. The van der Waals surface area contributed by atoms with E-state index in [0.29, 0.717) is 0 Å². The second kappa shape index (κ2) is 10.3. The molecule has 0 radical (unpaired) electrons. The average molecular weight is 262 g/mol. The molecule has 0 aromatic rings. The highest BCUT2D eigenvalue weighted by molar-refractivity contribution is 5.20. The fourth-order valence-corrected chi connectivity index (χ4v) is 2.88. The largest absolute Gasteiger partial charge is 0.0705 e. The molecule has 0 aliphatic heterocycles. The van der Waals surface area contributed by atoms with Crippen LogP contribution in [-0.4, -0.2) is 0 Å². The van der Waals surface area contributed by atoms with Gasteiger partial charge in [-0.3, -0.25) is 0 Å². The molecule has 0 saturated carbocycles. The van der Waals surface area contributed by atoms with Gasteiger partial charge in [-0.2, -0.15) is 0 Å². The fourth-order valence-electron chi connectivity index (χ4n) is 2.88. The summed E-state index contributed by atoms with van der Waals surface area (Å²) >= 11 is 0. The Morgan fingerprint density at radius 2 is 1.53 bits per heavy atom. The molecule has 0 amide bonds. The van der Waals surface area contributed by atoms with Gasteiger partial charge in [0.25, 0.3) is 0 Å². The van der Waals surface area contributed by atoms with E-state index in [4.69, 9.17) is 0 Å². The van der Waals surface area contributed by atoms with Crippen molar-refractivity contribution in [1.29, 1.82) is 0 Å². The van der Waals surface area contributed by atoms with E-state index in [0.717, 1.165) is 5.92 Å². The minimum absolute atomic E-state index is 0.885. The van der Waals surface area contributed by atoms with Crippen LogP contribution in [-0.2, 0) is 0 Å². The van der Waals surface area contributed by atoms with Crippen molar-refractivity contribution >= 4 is 0 Å². The predicted octanol–water partition coefficient (Wildman–Crippen LogP) is 6.82. The standard InChI is InChI=1S/C19H34/c1-4-18-13-10-14-19(16-15-18)12-9-7-5-6-8-11-17(2)3/h15-17H,4-14H2,1-3H3. The van der Waals surface area contributed by atoms with Gasteiger partial charge in [-0.15, -0.1) is 0 Å². The molecule has 0 nitrogen and oxygen atoms in total. The SMILES string of the molecule is CCC1=CC=C(CCCCCCCC(C)C)CCC1. The molecule has 110 valence electrons. The van der Waals surface area contributed by atoms with Crippen LogP contribution >= 0.6 is 0 Å². The molecule has 0 unspecified atom stereocenters. The van der Waals surface area contributed by atoms with Crippen molar-refractivity contribution in [2.24, 2.45) is 5.92 Å². The first-order valence-electron chi connectivity index (χ1n) is 8.59. The third-order valence-corrected chi connectivity index (χ3v) is 4.28. The Morgan fingerprint density at radius 3 is 2.26 bits per heavy atom. The van der Waals surface area contributed by atoms with Crippen molar-refractivity contribution in [2.45, 2.75) is 91.4 Å². The molecule has 0 saturated heterocycles. The van der Waals surface area contributed by atoms with Gasteiger partial charge in [-0.25, -0.2) is 0 Å². The monoisotopic (exact) mass is 262 g/mol. The first-order chi connectivity index (χ1) is 9.22. The number of rotatable bonds is 9. The molecule has 0 heteroatoms. The molecule has 0 aromatic heterocycles. The lowest BCUT2D eigenvalue weighted by atomic mass is 10.00. The van der Waals surface area contributed by atoms with Gasteiger partial charge in [0.15, 0.2) is 0 Å². The molecule has 0 heterocycles. The summed E-state index contributed by atoms with van der Waals surface area (Å²) in [5.74, 6) is 0.885. The molecular weight excluding hydrogens is 228 g/mol. The van der Waals surface area contributed by atoms with Gasteiger partial charge >= 0.3 is 0 Å². The van der Waals surface area contributed by atoms with E-state index < -0.39 is 0 Å². The molecule has 19 heavy (non-hydrogen) atoms. The van der Waals surface area contributed by atoms with E-state index in [2.05, 4.69) is 32.9 Å². The van der Waals surface area contributed by atoms with Crippen LogP contribution in [0.15, 0.2) is 23.3 Å². The maximum Gasteiger partial charge on any atom is -0.0314 e. The van der Waals surface area contributed by atoms with E-state index in [1.807, 2.05) is 0 Å². The maximum atomic E-state index is 2.42. The maximum absolute atomic E-state index is 2.42. The second-order valence-electron chi connectivity index (χ2n) is 6.56. The van der Waals surface area contributed by atoms with Crippen LogP contribution in [0.3, 0.4) is 0 Å². The summed E-state index contributed by atoms with van der Waals surface area (Å²) in [5, 5.41) is 0. The Labute approximate surface area is 121 Å². The van der Waals surface area contributed by atoms with E-state index in [9.17, 15) is 0 Å². The Hall–Kier alpha value is -0.520. The highest BCUT2D eigenvalue weighted by Crippen LogP contribution is 2.23. The van der Waals surface area contributed by atoms with Gasteiger partial charge in [-0.05, 0) is 44.4 Å². The number of hydrogen-bond donors (Lipinski definition) is 0. The molecule has 0 fully saturated rings. The molecule has 0 atom stereocenters. The molecule has 0 aromatic carbocycles. The molecule has 0 bridgehead atoms. The third kappa shape index (κ3) is 8.29. The van der Waals surface area contributed by atoms with Gasteiger partial charge in [0.2, 0.25) is 0 Å². The normalized spacial score (nSPS) is 16.2. The van der Waals surface area contributed by atoms with Crippen LogP contribution in [0.2, 0.25) is 0 Å². The van der Waals surface area contributed by atoms with E-state index in [1.54, 1.807) is 11.1 Å². The van der Waals surface area contributed by atoms with E-state index in [1.165, 1.54) is 70.6 Å². The topological polar surface area (TPSA) is 0 Å². The van der Waals surface area contributed by atoms with Crippen molar-refractivity contribution in [2.75, 3.05) is 0 Å². The fraction of sp³-hybridized carbons (Fsp3) is 0.789. The van der Waals surface area contributed by atoms with Crippen LogP contribution in [0.25, 0.3) is 0 Å². The molecule has 1 rings (SSSR count). The number of unbranched alkanes of at least 4 members (excludes halogenated alkanes) is 4. The van der Waals surface area contributed by atoms with Crippen molar-refractivity contribution in [3.8, 4) is 0 Å². The highest BCUT2D eigenvalue weighted by atomic mass is 14.1. The van der Waals surface area contributed by atoms with Gasteiger partial charge in [0.1, 0.15) is 0 Å². The lowest BCUT2D eigenvalue weighted by Crippen LogP contribution is -1.88. The lowest BCUT2D eigenvalue weighted by Gasteiger charge is -2.06. The Morgan fingerprint density at radius 1 is 0.895 bits per heavy atom. The van der Waals surface area contributed by atoms with Gasteiger partial charge in [0.05, 0.1) is 0 Å². The lowest BCUT2D eigenvalue weighted by molar-refractivity contribution is 0.514. The van der Waals surface area contributed by atoms with Crippen molar-refractivity contribution < 1.29 is 0 Å². The zero-order chi connectivity index (χ0) is 13.9. The van der Waals surface area contributed by atoms with Gasteiger partial charge in [-0.1, -0.05) is 76.2 Å². The van der Waals surface area contributed by atoms with Crippen LogP contribution in [0.5, 0.6) is 0 Å². The molecule has 0 N–H and O–H groups in total. The van der Waals surface area contributed by atoms with Gasteiger partial charge in [0, 0.05) is 0 Å². The van der Waals surface area contributed by atoms with Crippen LogP contribution in [0.1, 0.15) is 91.4 Å². The quantitative estimate of drug-likeness (QED) is 0.400. The first-order valence-corrected chi connectivity index (χ1v) is 8.59. The molecule has 1 aliphatic carbocycles. The highest BCUT2D eigenvalue weighted by Gasteiger charge is 2.03. The first kappa shape index (κ1) is 16.5. The number of hydrogen-bond acceptors (Lipinski definition) is 0. The Balaban J connectivity index is 2.06. The average Bonchev–Trinajstić information content (AvgIpc) is 2.62. The third-order valence-electron chi connectivity index (χ3n) is 4.28. The summed E-state index contributed by atoms with van der Waals surface area (Å²) < 4.78 is 0. The van der Waals surface area contributed by atoms with Crippen molar-refractivity contribution in [3.63, 3.8) is 0 Å². The minimum Gasteiger partial charge on any atom is -0.0705 e. The summed E-state index contributed by atoms with van der Waals surface area (Å²) in [6.07, 6.45) is 20.0. The zero-order valence-corrected chi connectivity index (χ0v) is 13.5. The molecule has 0 spiro atoms. The Bertz CT molecular complexity index is 280. The molecule has 1 aliphatic rings. The van der Waals surface area contributed by atoms with Crippen molar-refractivity contribution in [1.82, 2.24) is 0 Å². The smallest absolute Gasteiger partial charge is 0.0314 e. The summed E-state index contributed by atoms with van der Waals surface area (Å²) in [4.78, 5) is 0. The summed E-state index contributed by atoms with van der Waals surface area (Å²) in [6, 6.07) is 0. The van der Waals surface area contributed by atoms with Crippen LogP contribution < -0.4 is 0 Å². The van der Waals surface area contributed by atoms with E-state index in [-0.39, 0.29) is 0 Å². The molecular formula is C19H34.